The van der Waals surface area contributed by atoms with E-state index in [-0.39, 0.29) is 11.7 Å². The molecule has 0 atom stereocenters. The van der Waals surface area contributed by atoms with E-state index in [1.807, 2.05) is 12.1 Å². The van der Waals surface area contributed by atoms with Crippen molar-refractivity contribution in [3.05, 3.63) is 63.4 Å². The van der Waals surface area contributed by atoms with Crippen LogP contribution in [0.5, 0.6) is 0 Å². The topological polar surface area (TPSA) is 41.1 Å². The molecule has 1 aliphatic heterocycles. The summed E-state index contributed by atoms with van der Waals surface area (Å²) in [5, 5.41) is 6.22. The summed E-state index contributed by atoms with van der Waals surface area (Å²) in [7, 11) is 0. The second kappa shape index (κ2) is 5.95. The van der Waals surface area contributed by atoms with Gasteiger partial charge in [0, 0.05) is 16.7 Å². The SMILES string of the molecule is O=C(Nc1cccc2c1CNCC2)c1ccc(F)cc1Br. The van der Waals surface area contributed by atoms with E-state index in [9.17, 15) is 9.18 Å². The first-order valence-corrected chi connectivity index (χ1v) is 7.52. The first-order valence-electron chi connectivity index (χ1n) is 6.73. The Labute approximate surface area is 130 Å². The fraction of sp³-hybridized carbons (Fsp3) is 0.188. The summed E-state index contributed by atoms with van der Waals surface area (Å²) in [5.41, 5.74) is 3.60. The molecule has 2 aromatic rings. The van der Waals surface area contributed by atoms with Gasteiger partial charge >= 0.3 is 0 Å². The highest BCUT2D eigenvalue weighted by atomic mass is 79.9. The molecule has 0 spiro atoms. The summed E-state index contributed by atoms with van der Waals surface area (Å²) in [6.45, 7) is 1.70. The van der Waals surface area contributed by atoms with Crippen LogP contribution in [-0.4, -0.2) is 12.5 Å². The average Bonchev–Trinajstić information content (AvgIpc) is 2.47. The standard InChI is InChI=1S/C16H14BrFN2O/c17-14-8-11(18)4-5-12(14)16(21)20-15-3-1-2-10-6-7-19-9-13(10)15/h1-5,8,19H,6-7,9H2,(H,20,21). The Bertz CT molecular complexity index is 703. The molecule has 1 amide bonds. The van der Waals surface area contributed by atoms with Gasteiger partial charge in [0.1, 0.15) is 5.82 Å². The zero-order valence-corrected chi connectivity index (χ0v) is 12.8. The van der Waals surface area contributed by atoms with Crippen molar-refractivity contribution in [1.82, 2.24) is 5.32 Å². The van der Waals surface area contributed by atoms with Gasteiger partial charge in [-0.25, -0.2) is 4.39 Å². The van der Waals surface area contributed by atoms with Gasteiger partial charge in [0.05, 0.1) is 5.56 Å². The van der Waals surface area contributed by atoms with E-state index in [2.05, 4.69) is 32.6 Å². The molecule has 0 unspecified atom stereocenters. The molecule has 0 aromatic heterocycles. The predicted octanol–water partition coefficient (Wildman–Crippen LogP) is 3.49. The number of rotatable bonds is 2. The summed E-state index contributed by atoms with van der Waals surface area (Å²) in [6, 6.07) is 9.96. The Balaban J connectivity index is 1.88. The maximum Gasteiger partial charge on any atom is 0.256 e. The van der Waals surface area contributed by atoms with Crippen LogP contribution in [0.3, 0.4) is 0 Å². The van der Waals surface area contributed by atoms with Gasteiger partial charge in [-0.3, -0.25) is 4.79 Å². The fourth-order valence-electron chi connectivity index (χ4n) is 2.49. The number of amides is 1. The quantitative estimate of drug-likeness (QED) is 0.872. The maximum atomic E-state index is 13.1. The number of carbonyl (C=O) groups excluding carboxylic acids is 1. The maximum absolute atomic E-state index is 13.1. The lowest BCUT2D eigenvalue weighted by molar-refractivity contribution is 0.102. The van der Waals surface area contributed by atoms with E-state index in [1.165, 1.54) is 23.8 Å². The summed E-state index contributed by atoms with van der Waals surface area (Å²) in [4.78, 5) is 12.3. The van der Waals surface area contributed by atoms with Gasteiger partial charge in [-0.1, -0.05) is 12.1 Å². The fourth-order valence-corrected chi connectivity index (χ4v) is 3.03. The number of anilines is 1. The number of benzene rings is 2. The highest BCUT2D eigenvalue weighted by molar-refractivity contribution is 9.10. The largest absolute Gasteiger partial charge is 0.322 e. The molecule has 1 aliphatic rings. The van der Waals surface area contributed by atoms with Gasteiger partial charge in [-0.05, 0) is 64.3 Å². The highest BCUT2D eigenvalue weighted by Gasteiger charge is 2.16. The predicted molar refractivity (Wildman–Crippen MR) is 83.9 cm³/mol. The van der Waals surface area contributed by atoms with Crippen molar-refractivity contribution in [3.8, 4) is 0 Å². The normalized spacial score (nSPS) is 13.6. The number of nitrogens with one attached hydrogen (secondary N) is 2. The molecule has 5 heteroatoms. The van der Waals surface area contributed by atoms with E-state index in [1.54, 1.807) is 0 Å². The summed E-state index contributed by atoms with van der Waals surface area (Å²) < 4.78 is 13.5. The Morgan fingerprint density at radius 1 is 1.29 bits per heavy atom. The molecule has 108 valence electrons. The van der Waals surface area contributed by atoms with Crippen LogP contribution in [0.1, 0.15) is 21.5 Å². The molecule has 0 aliphatic carbocycles. The number of carbonyl (C=O) groups is 1. The second-order valence-corrected chi connectivity index (χ2v) is 5.80. The van der Waals surface area contributed by atoms with Gasteiger partial charge < -0.3 is 10.6 Å². The van der Waals surface area contributed by atoms with Crippen molar-refractivity contribution >= 4 is 27.5 Å². The molecule has 0 bridgehead atoms. The van der Waals surface area contributed by atoms with E-state index < -0.39 is 0 Å². The minimum Gasteiger partial charge on any atom is -0.322 e. The minimum atomic E-state index is -0.375. The molecule has 1 heterocycles. The number of hydrogen-bond acceptors (Lipinski definition) is 2. The van der Waals surface area contributed by atoms with Crippen molar-refractivity contribution in [1.29, 1.82) is 0 Å². The van der Waals surface area contributed by atoms with Crippen LogP contribution in [-0.2, 0) is 13.0 Å². The molecule has 3 nitrogen and oxygen atoms in total. The van der Waals surface area contributed by atoms with Crippen molar-refractivity contribution in [3.63, 3.8) is 0 Å². The Hall–Kier alpha value is -1.72. The molecule has 0 saturated carbocycles. The molecular weight excluding hydrogens is 335 g/mol. The van der Waals surface area contributed by atoms with E-state index >= 15 is 0 Å². The van der Waals surface area contributed by atoms with Gasteiger partial charge in [0.2, 0.25) is 0 Å². The second-order valence-electron chi connectivity index (χ2n) is 4.95. The molecule has 2 aromatic carbocycles. The van der Waals surface area contributed by atoms with Crippen LogP contribution in [0.2, 0.25) is 0 Å². The number of fused-ring (bicyclic) bond motifs is 1. The van der Waals surface area contributed by atoms with E-state index in [0.717, 1.165) is 30.8 Å². The number of hydrogen-bond donors (Lipinski definition) is 2. The van der Waals surface area contributed by atoms with Crippen molar-refractivity contribution in [2.45, 2.75) is 13.0 Å². The minimum absolute atomic E-state index is 0.249. The van der Waals surface area contributed by atoms with Crippen LogP contribution in [0.4, 0.5) is 10.1 Å². The molecule has 3 rings (SSSR count). The first-order chi connectivity index (χ1) is 10.1. The average molecular weight is 349 g/mol. The zero-order chi connectivity index (χ0) is 14.8. The number of halogens is 2. The van der Waals surface area contributed by atoms with Crippen LogP contribution in [0.15, 0.2) is 40.9 Å². The molecule has 0 saturated heterocycles. The molecule has 21 heavy (non-hydrogen) atoms. The van der Waals surface area contributed by atoms with Crippen molar-refractivity contribution in [2.24, 2.45) is 0 Å². The smallest absolute Gasteiger partial charge is 0.256 e. The van der Waals surface area contributed by atoms with Gasteiger partial charge in [0.25, 0.3) is 5.91 Å². The summed E-state index contributed by atoms with van der Waals surface area (Å²) >= 11 is 3.22. The first kappa shape index (κ1) is 14.2. The third-order valence-electron chi connectivity index (χ3n) is 3.57. The van der Waals surface area contributed by atoms with E-state index in [0.29, 0.717) is 10.0 Å². The summed E-state index contributed by atoms with van der Waals surface area (Å²) in [6.07, 6.45) is 0.958. The van der Waals surface area contributed by atoms with Gasteiger partial charge in [-0.15, -0.1) is 0 Å². The Morgan fingerprint density at radius 2 is 2.14 bits per heavy atom. The van der Waals surface area contributed by atoms with Crippen LogP contribution in [0.25, 0.3) is 0 Å². The van der Waals surface area contributed by atoms with Crippen molar-refractivity contribution in [2.75, 3.05) is 11.9 Å². The molecule has 2 N–H and O–H groups in total. The summed E-state index contributed by atoms with van der Waals surface area (Å²) in [5.74, 6) is -0.624. The Morgan fingerprint density at radius 3 is 2.95 bits per heavy atom. The third-order valence-corrected chi connectivity index (χ3v) is 4.23. The van der Waals surface area contributed by atoms with Gasteiger partial charge in [0.15, 0.2) is 0 Å². The lowest BCUT2D eigenvalue weighted by Gasteiger charge is -2.20. The zero-order valence-electron chi connectivity index (χ0n) is 11.2. The third kappa shape index (κ3) is 2.99. The van der Waals surface area contributed by atoms with Crippen LogP contribution < -0.4 is 10.6 Å². The molecule has 0 radical (unpaired) electrons. The van der Waals surface area contributed by atoms with E-state index in [4.69, 9.17) is 0 Å². The lowest BCUT2D eigenvalue weighted by Crippen LogP contribution is -2.25. The van der Waals surface area contributed by atoms with Gasteiger partial charge in [-0.2, -0.15) is 0 Å². The monoisotopic (exact) mass is 348 g/mol. The molecular formula is C16H14BrFN2O. The van der Waals surface area contributed by atoms with Crippen molar-refractivity contribution < 1.29 is 9.18 Å². The van der Waals surface area contributed by atoms with Crippen LogP contribution in [0, 0.1) is 5.82 Å². The Kier molecular flexibility index (Phi) is 4.03. The highest BCUT2D eigenvalue weighted by Crippen LogP contribution is 2.25. The van der Waals surface area contributed by atoms with Crippen LogP contribution >= 0.6 is 15.9 Å². The lowest BCUT2D eigenvalue weighted by atomic mass is 9.99. The molecule has 0 fully saturated rings.